The summed E-state index contributed by atoms with van der Waals surface area (Å²) < 4.78 is 52.2. The molecule has 1 heterocycles. The number of benzene rings is 2. The number of aliphatic hydroxyl groups is 2. The molecule has 1 aliphatic heterocycles. The summed E-state index contributed by atoms with van der Waals surface area (Å²) >= 11 is 0. The molecule has 0 aliphatic carbocycles. The maximum absolute atomic E-state index is 14.1. The van der Waals surface area contributed by atoms with Gasteiger partial charge in [0.15, 0.2) is 12.2 Å². The smallest absolute Gasteiger partial charge is 0.380 e. The van der Waals surface area contributed by atoms with Gasteiger partial charge in [-0.05, 0) is 36.6 Å². The molecule has 3 atom stereocenters. The predicted molar refractivity (Wildman–Crippen MR) is 106 cm³/mol. The SMILES string of the molecule is CC(NC(=O)C(O)C(O)C(=O)N1CCc2ccccc2C1)c1ccc(C(F)(F)F)cc1F. The van der Waals surface area contributed by atoms with E-state index in [0.717, 1.165) is 17.2 Å². The standard InChI is InChI=1S/C22H22F4N2O4/c1-12(16-7-6-15(10-17(16)23)22(24,25)26)27-20(31)18(29)19(30)21(32)28-9-8-13-4-2-3-5-14(13)11-28/h2-7,10,12,18-19,29-30H,8-9,11H2,1H3,(H,27,31). The van der Waals surface area contributed by atoms with Crippen molar-refractivity contribution in [2.45, 2.75) is 44.3 Å². The molecule has 0 bridgehead atoms. The summed E-state index contributed by atoms with van der Waals surface area (Å²) in [5.41, 5.74) is 0.537. The van der Waals surface area contributed by atoms with Crippen molar-refractivity contribution in [1.82, 2.24) is 10.2 Å². The van der Waals surface area contributed by atoms with Gasteiger partial charge in [0.25, 0.3) is 11.8 Å². The fraction of sp³-hybridized carbons (Fsp3) is 0.364. The van der Waals surface area contributed by atoms with E-state index in [2.05, 4.69) is 5.32 Å². The molecule has 0 saturated carbocycles. The third kappa shape index (κ3) is 5.08. The number of carbonyl (C=O) groups excluding carboxylic acids is 2. The van der Waals surface area contributed by atoms with Crippen LogP contribution in [0.4, 0.5) is 17.6 Å². The Morgan fingerprint density at radius 2 is 1.72 bits per heavy atom. The van der Waals surface area contributed by atoms with Crippen LogP contribution in [-0.4, -0.2) is 45.7 Å². The molecule has 3 rings (SSSR count). The zero-order valence-corrected chi connectivity index (χ0v) is 17.1. The lowest BCUT2D eigenvalue weighted by molar-refractivity contribution is -0.154. The number of fused-ring (bicyclic) bond motifs is 1. The highest BCUT2D eigenvalue weighted by molar-refractivity contribution is 5.91. The monoisotopic (exact) mass is 454 g/mol. The number of halogens is 4. The fourth-order valence-electron chi connectivity index (χ4n) is 3.58. The third-order valence-electron chi connectivity index (χ3n) is 5.42. The topological polar surface area (TPSA) is 89.9 Å². The molecule has 0 saturated heterocycles. The van der Waals surface area contributed by atoms with Gasteiger partial charge in [0.1, 0.15) is 5.82 Å². The van der Waals surface area contributed by atoms with Gasteiger partial charge < -0.3 is 20.4 Å². The highest BCUT2D eigenvalue weighted by Crippen LogP contribution is 2.31. The Bertz CT molecular complexity index is 1010. The molecule has 2 amide bonds. The van der Waals surface area contributed by atoms with Crippen molar-refractivity contribution in [3.63, 3.8) is 0 Å². The second-order valence-corrected chi connectivity index (χ2v) is 7.63. The first kappa shape index (κ1) is 23.7. The molecule has 6 nitrogen and oxygen atoms in total. The summed E-state index contributed by atoms with van der Waals surface area (Å²) in [5.74, 6) is -3.18. The lowest BCUT2D eigenvalue weighted by Gasteiger charge is -2.31. The molecule has 172 valence electrons. The third-order valence-corrected chi connectivity index (χ3v) is 5.42. The van der Waals surface area contributed by atoms with Crippen LogP contribution in [0.2, 0.25) is 0 Å². The van der Waals surface area contributed by atoms with Crippen LogP contribution in [0.5, 0.6) is 0 Å². The van der Waals surface area contributed by atoms with Crippen LogP contribution in [0.15, 0.2) is 42.5 Å². The number of rotatable bonds is 5. The Balaban J connectivity index is 1.63. The average molecular weight is 454 g/mol. The predicted octanol–water partition coefficient (Wildman–Crippen LogP) is 2.33. The Morgan fingerprint density at radius 3 is 2.34 bits per heavy atom. The van der Waals surface area contributed by atoms with E-state index >= 15 is 0 Å². The van der Waals surface area contributed by atoms with Crippen LogP contribution in [0.1, 0.15) is 35.2 Å². The number of aliphatic hydroxyl groups excluding tert-OH is 2. The van der Waals surface area contributed by atoms with Crippen molar-refractivity contribution in [1.29, 1.82) is 0 Å². The van der Waals surface area contributed by atoms with Crippen LogP contribution in [-0.2, 0) is 28.7 Å². The van der Waals surface area contributed by atoms with Gasteiger partial charge in [0, 0.05) is 18.7 Å². The molecule has 1 aliphatic rings. The molecule has 32 heavy (non-hydrogen) atoms. The van der Waals surface area contributed by atoms with Crippen LogP contribution < -0.4 is 5.32 Å². The van der Waals surface area contributed by atoms with Gasteiger partial charge in [0.2, 0.25) is 0 Å². The van der Waals surface area contributed by atoms with E-state index < -0.39 is 47.6 Å². The molecular formula is C22H22F4N2O4. The second kappa shape index (κ2) is 9.25. The second-order valence-electron chi connectivity index (χ2n) is 7.63. The molecule has 2 aromatic carbocycles. The summed E-state index contributed by atoms with van der Waals surface area (Å²) in [6, 6.07) is 8.19. The molecule has 0 fully saturated rings. The Kier molecular flexibility index (Phi) is 6.85. The number of nitrogens with one attached hydrogen (secondary N) is 1. The number of hydrogen-bond acceptors (Lipinski definition) is 4. The van der Waals surface area contributed by atoms with Crippen molar-refractivity contribution in [2.75, 3.05) is 6.54 Å². The first-order valence-electron chi connectivity index (χ1n) is 9.87. The van der Waals surface area contributed by atoms with Crippen molar-refractivity contribution < 1.29 is 37.4 Å². The molecule has 3 unspecified atom stereocenters. The zero-order valence-electron chi connectivity index (χ0n) is 17.1. The van der Waals surface area contributed by atoms with E-state index in [-0.39, 0.29) is 12.1 Å². The maximum atomic E-state index is 14.1. The van der Waals surface area contributed by atoms with Crippen molar-refractivity contribution in [3.8, 4) is 0 Å². The van der Waals surface area contributed by atoms with Crippen LogP contribution in [0, 0.1) is 5.82 Å². The Morgan fingerprint density at radius 1 is 1.06 bits per heavy atom. The van der Waals surface area contributed by atoms with E-state index in [1.165, 1.54) is 11.8 Å². The molecular weight excluding hydrogens is 432 g/mol. The molecule has 0 spiro atoms. The average Bonchev–Trinajstić information content (AvgIpc) is 2.76. The van der Waals surface area contributed by atoms with Crippen LogP contribution in [0.3, 0.4) is 0 Å². The minimum absolute atomic E-state index is 0.216. The van der Waals surface area contributed by atoms with Gasteiger partial charge in [-0.15, -0.1) is 0 Å². The van der Waals surface area contributed by atoms with E-state index in [1.54, 1.807) is 0 Å². The van der Waals surface area contributed by atoms with Gasteiger partial charge in [-0.2, -0.15) is 13.2 Å². The molecule has 3 N–H and O–H groups in total. The largest absolute Gasteiger partial charge is 0.416 e. The zero-order chi connectivity index (χ0) is 23.6. The maximum Gasteiger partial charge on any atom is 0.416 e. The first-order chi connectivity index (χ1) is 15.0. The van der Waals surface area contributed by atoms with Crippen LogP contribution >= 0.6 is 0 Å². The Labute approximate surface area is 181 Å². The summed E-state index contributed by atoms with van der Waals surface area (Å²) in [5, 5.41) is 22.6. The van der Waals surface area contributed by atoms with Crippen LogP contribution in [0.25, 0.3) is 0 Å². The van der Waals surface area contributed by atoms with Crippen molar-refractivity contribution in [2.24, 2.45) is 0 Å². The molecule has 2 aromatic rings. The lowest BCUT2D eigenvalue weighted by atomic mass is 9.99. The van der Waals surface area contributed by atoms with Crippen molar-refractivity contribution >= 4 is 11.8 Å². The number of carbonyl (C=O) groups is 2. The first-order valence-corrected chi connectivity index (χ1v) is 9.87. The summed E-state index contributed by atoms with van der Waals surface area (Å²) in [4.78, 5) is 26.2. The summed E-state index contributed by atoms with van der Waals surface area (Å²) in [6.07, 6.45) is -8.35. The molecule has 0 aromatic heterocycles. The lowest BCUT2D eigenvalue weighted by Crippen LogP contribution is -2.52. The van der Waals surface area contributed by atoms with E-state index in [4.69, 9.17) is 0 Å². The van der Waals surface area contributed by atoms with Gasteiger partial charge in [-0.1, -0.05) is 30.3 Å². The number of nitrogens with zero attached hydrogens (tertiary/aromatic N) is 1. The Hall–Kier alpha value is -2.98. The van der Waals surface area contributed by atoms with Gasteiger partial charge in [0.05, 0.1) is 11.6 Å². The highest BCUT2D eigenvalue weighted by atomic mass is 19.4. The quantitative estimate of drug-likeness (QED) is 0.605. The van der Waals surface area contributed by atoms with Gasteiger partial charge >= 0.3 is 6.18 Å². The number of hydrogen-bond donors (Lipinski definition) is 3. The summed E-state index contributed by atoms with van der Waals surface area (Å²) in [7, 11) is 0. The molecule has 10 heteroatoms. The van der Waals surface area contributed by atoms with E-state index in [1.807, 2.05) is 24.3 Å². The minimum Gasteiger partial charge on any atom is -0.380 e. The normalized spacial score (nSPS) is 16.7. The number of amides is 2. The fourth-order valence-corrected chi connectivity index (χ4v) is 3.58. The number of alkyl halides is 3. The highest BCUT2D eigenvalue weighted by Gasteiger charge is 2.36. The van der Waals surface area contributed by atoms with Gasteiger partial charge in [-0.3, -0.25) is 9.59 Å². The molecule has 0 radical (unpaired) electrons. The minimum atomic E-state index is -4.72. The van der Waals surface area contributed by atoms with E-state index in [9.17, 15) is 37.4 Å². The van der Waals surface area contributed by atoms with Gasteiger partial charge in [-0.25, -0.2) is 4.39 Å². The van der Waals surface area contributed by atoms with Crippen molar-refractivity contribution in [3.05, 3.63) is 70.5 Å². The summed E-state index contributed by atoms with van der Waals surface area (Å²) in [6.45, 7) is 1.81. The van der Waals surface area contributed by atoms with E-state index in [0.29, 0.717) is 25.1 Å².